The summed E-state index contributed by atoms with van der Waals surface area (Å²) in [6.07, 6.45) is 1.83. The van der Waals surface area contributed by atoms with Crippen LogP contribution in [0.15, 0.2) is 60.3 Å². The van der Waals surface area contributed by atoms with Crippen LogP contribution in [0, 0.1) is 5.82 Å². The number of nitrogens with zero attached hydrogens (tertiary/aromatic N) is 3. The number of carbonyl (C=O) groups excluding carboxylic acids is 1. The van der Waals surface area contributed by atoms with Crippen molar-refractivity contribution in [2.24, 2.45) is 0 Å². The van der Waals surface area contributed by atoms with Crippen LogP contribution < -0.4 is 9.80 Å². The fraction of sp³-hybridized carbons (Fsp3) is 0.375. The van der Waals surface area contributed by atoms with Crippen molar-refractivity contribution in [3.8, 4) is 0 Å². The fourth-order valence-electron chi connectivity index (χ4n) is 4.49. The van der Waals surface area contributed by atoms with Crippen molar-refractivity contribution in [3.05, 3.63) is 71.7 Å². The first kappa shape index (κ1) is 19.6. The summed E-state index contributed by atoms with van der Waals surface area (Å²) in [5.74, 6) is -0.0732. The molecule has 2 aromatic carbocycles. The molecule has 1 saturated heterocycles. The molecule has 0 radical (unpaired) electrons. The molecule has 0 amide bonds. The number of rotatable bonds is 4. The number of para-hydroxylation sites is 1. The Labute approximate surface area is 172 Å². The molecule has 29 heavy (non-hydrogen) atoms. The van der Waals surface area contributed by atoms with Crippen LogP contribution >= 0.6 is 0 Å². The van der Waals surface area contributed by atoms with Gasteiger partial charge in [-0.1, -0.05) is 32.0 Å². The van der Waals surface area contributed by atoms with Crippen LogP contribution in [0.2, 0.25) is 0 Å². The lowest BCUT2D eigenvalue weighted by molar-refractivity contribution is -0.115. The van der Waals surface area contributed by atoms with Gasteiger partial charge in [0.15, 0.2) is 5.78 Å². The van der Waals surface area contributed by atoms with Crippen LogP contribution in [-0.2, 0) is 10.2 Å². The molecule has 2 aliphatic rings. The average Bonchev–Trinajstić information content (AvgIpc) is 2.90. The molecule has 0 aromatic heterocycles. The second kappa shape index (κ2) is 7.64. The second-order valence-electron chi connectivity index (χ2n) is 8.44. The first-order valence-corrected chi connectivity index (χ1v) is 10.2. The lowest BCUT2D eigenvalue weighted by atomic mass is 9.83. The number of hydrogen-bond acceptors (Lipinski definition) is 4. The molecular formula is C24H28FN3O. The van der Waals surface area contributed by atoms with Gasteiger partial charge in [-0.15, -0.1) is 0 Å². The number of fused-ring (bicyclic) bond motifs is 1. The van der Waals surface area contributed by atoms with Crippen molar-refractivity contribution in [3.63, 3.8) is 0 Å². The fourth-order valence-corrected chi connectivity index (χ4v) is 4.49. The predicted octanol–water partition coefficient (Wildman–Crippen LogP) is 3.83. The van der Waals surface area contributed by atoms with Crippen LogP contribution in [-0.4, -0.2) is 50.5 Å². The SMILES string of the molecule is CN1/C(=C/C(=O)CN2CCN(c3ccc(F)cc3)CC2)C(C)(C)c2ccccc21. The molecule has 2 aromatic rings. The van der Waals surface area contributed by atoms with Gasteiger partial charge in [-0.2, -0.15) is 0 Å². The molecule has 4 nitrogen and oxygen atoms in total. The van der Waals surface area contributed by atoms with E-state index >= 15 is 0 Å². The normalized spacial score (nSPS) is 20.2. The number of piperazine rings is 1. The highest BCUT2D eigenvalue weighted by Crippen LogP contribution is 2.46. The maximum Gasteiger partial charge on any atom is 0.171 e. The molecule has 1 fully saturated rings. The highest BCUT2D eigenvalue weighted by atomic mass is 19.1. The van der Waals surface area contributed by atoms with Gasteiger partial charge in [0.2, 0.25) is 0 Å². The Hall–Kier alpha value is -2.66. The molecule has 0 spiro atoms. The minimum atomic E-state index is -0.215. The number of likely N-dealkylation sites (N-methyl/N-ethyl adjacent to an activating group) is 1. The van der Waals surface area contributed by atoms with E-state index in [4.69, 9.17) is 0 Å². The zero-order valence-corrected chi connectivity index (χ0v) is 17.4. The van der Waals surface area contributed by atoms with Gasteiger partial charge in [-0.25, -0.2) is 4.39 Å². The summed E-state index contributed by atoms with van der Waals surface area (Å²) in [6, 6.07) is 15.0. The zero-order chi connectivity index (χ0) is 20.6. The number of ketones is 1. The van der Waals surface area contributed by atoms with Gasteiger partial charge in [0.1, 0.15) is 5.82 Å². The maximum atomic E-state index is 13.1. The van der Waals surface area contributed by atoms with Crippen LogP contribution in [0.25, 0.3) is 0 Å². The van der Waals surface area contributed by atoms with Crippen molar-refractivity contribution in [2.75, 3.05) is 49.6 Å². The lowest BCUT2D eigenvalue weighted by Crippen LogP contribution is -2.47. The summed E-state index contributed by atoms with van der Waals surface area (Å²) in [5.41, 5.74) is 4.33. The van der Waals surface area contributed by atoms with Gasteiger partial charge in [0.05, 0.1) is 6.54 Å². The highest BCUT2D eigenvalue weighted by Gasteiger charge is 2.38. The van der Waals surface area contributed by atoms with Crippen LogP contribution in [0.4, 0.5) is 15.8 Å². The largest absolute Gasteiger partial charge is 0.369 e. The van der Waals surface area contributed by atoms with Gasteiger partial charge in [0, 0.05) is 61.8 Å². The average molecular weight is 394 g/mol. The summed E-state index contributed by atoms with van der Waals surface area (Å²) in [5, 5.41) is 0. The monoisotopic (exact) mass is 393 g/mol. The number of halogens is 1. The third-order valence-electron chi connectivity index (χ3n) is 6.18. The van der Waals surface area contributed by atoms with Crippen LogP contribution in [0.1, 0.15) is 19.4 Å². The van der Waals surface area contributed by atoms with Crippen molar-refractivity contribution in [2.45, 2.75) is 19.3 Å². The Kier molecular flexibility index (Phi) is 5.17. The van der Waals surface area contributed by atoms with Gasteiger partial charge >= 0.3 is 0 Å². The van der Waals surface area contributed by atoms with Gasteiger partial charge in [-0.05, 0) is 35.9 Å². The number of hydrogen-bond donors (Lipinski definition) is 0. The summed E-state index contributed by atoms with van der Waals surface area (Å²) in [6.45, 7) is 8.11. The number of anilines is 2. The molecule has 0 N–H and O–H groups in total. The van der Waals surface area contributed by atoms with E-state index in [9.17, 15) is 9.18 Å². The van der Waals surface area contributed by atoms with Gasteiger partial charge in [-0.3, -0.25) is 9.69 Å². The second-order valence-corrected chi connectivity index (χ2v) is 8.44. The molecule has 0 atom stereocenters. The standard InChI is InChI=1S/C24H28FN3O/c1-24(2)21-6-4-5-7-22(21)26(3)23(24)16-20(29)17-27-12-14-28(15-13-27)19-10-8-18(25)9-11-19/h4-11,16H,12-15,17H2,1-3H3/b23-16+. The molecule has 2 aliphatic heterocycles. The Bertz CT molecular complexity index is 927. The third-order valence-corrected chi connectivity index (χ3v) is 6.18. The smallest absolute Gasteiger partial charge is 0.171 e. The highest BCUT2D eigenvalue weighted by molar-refractivity contribution is 5.94. The Morgan fingerprint density at radius 2 is 1.69 bits per heavy atom. The number of benzene rings is 2. The predicted molar refractivity (Wildman–Crippen MR) is 116 cm³/mol. The summed E-state index contributed by atoms with van der Waals surface area (Å²) >= 11 is 0. The quantitative estimate of drug-likeness (QED) is 0.738. The van der Waals surface area contributed by atoms with Gasteiger partial charge < -0.3 is 9.80 Å². The van der Waals surface area contributed by atoms with E-state index in [1.165, 1.54) is 23.4 Å². The maximum absolute atomic E-state index is 13.1. The number of carbonyl (C=O) groups is 1. The molecule has 5 heteroatoms. The first-order chi connectivity index (χ1) is 13.9. The summed E-state index contributed by atoms with van der Waals surface area (Å²) in [7, 11) is 2.04. The van der Waals surface area contributed by atoms with Crippen LogP contribution in [0.5, 0.6) is 0 Å². The summed E-state index contributed by atoms with van der Waals surface area (Å²) < 4.78 is 13.1. The van der Waals surface area contributed by atoms with E-state index in [0.29, 0.717) is 6.54 Å². The molecule has 0 saturated carbocycles. The molecule has 4 rings (SSSR count). The van der Waals surface area contributed by atoms with Crippen LogP contribution in [0.3, 0.4) is 0 Å². The number of allylic oxidation sites excluding steroid dienone is 1. The Morgan fingerprint density at radius 1 is 1.03 bits per heavy atom. The van der Waals surface area contributed by atoms with Crippen molar-refractivity contribution in [1.29, 1.82) is 0 Å². The van der Waals surface area contributed by atoms with E-state index in [0.717, 1.165) is 37.6 Å². The molecule has 0 aliphatic carbocycles. The van der Waals surface area contributed by atoms with Crippen molar-refractivity contribution < 1.29 is 9.18 Å². The Balaban J connectivity index is 1.39. The van der Waals surface area contributed by atoms with E-state index in [-0.39, 0.29) is 17.0 Å². The Morgan fingerprint density at radius 3 is 2.34 bits per heavy atom. The molecule has 152 valence electrons. The minimum Gasteiger partial charge on any atom is -0.369 e. The topological polar surface area (TPSA) is 26.8 Å². The molecule has 2 heterocycles. The van der Waals surface area contributed by atoms with Crippen molar-refractivity contribution in [1.82, 2.24) is 4.90 Å². The van der Waals surface area contributed by atoms with E-state index in [2.05, 4.69) is 46.7 Å². The van der Waals surface area contributed by atoms with E-state index in [1.807, 2.05) is 31.3 Å². The first-order valence-electron chi connectivity index (χ1n) is 10.2. The molecular weight excluding hydrogens is 365 g/mol. The van der Waals surface area contributed by atoms with E-state index < -0.39 is 0 Å². The third kappa shape index (κ3) is 3.79. The summed E-state index contributed by atoms with van der Waals surface area (Å²) in [4.78, 5) is 19.4. The minimum absolute atomic E-state index is 0.142. The molecule has 0 unspecified atom stereocenters. The van der Waals surface area contributed by atoms with E-state index in [1.54, 1.807) is 0 Å². The zero-order valence-electron chi connectivity index (χ0n) is 17.4. The van der Waals surface area contributed by atoms with Gasteiger partial charge in [0.25, 0.3) is 0 Å². The van der Waals surface area contributed by atoms with Crippen molar-refractivity contribution >= 4 is 17.2 Å². The lowest BCUT2D eigenvalue weighted by Gasteiger charge is -2.35. The molecule has 0 bridgehead atoms.